The van der Waals surface area contributed by atoms with E-state index in [1.54, 1.807) is 31.2 Å². The van der Waals surface area contributed by atoms with Crippen LogP contribution in [0.5, 0.6) is 5.75 Å². The van der Waals surface area contributed by atoms with Gasteiger partial charge in [-0.05, 0) is 42.8 Å². The molecule has 0 fully saturated rings. The number of carbonyl (C=O) groups is 2. The lowest BCUT2D eigenvalue weighted by Crippen LogP contribution is -2.22. The summed E-state index contributed by atoms with van der Waals surface area (Å²) >= 11 is 5.89. The Kier molecular flexibility index (Phi) is 5.01. The number of ether oxygens (including phenoxy) is 1. The van der Waals surface area contributed by atoms with E-state index in [2.05, 4.69) is 5.32 Å². The second-order valence-electron chi connectivity index (χ2n) is 4.40. The molecule has 0 radical (unpaired) electrons. The van der Waals surface area contributed by atoms with E-state index in [9.17, 15) is 14.7 Å². The molecule has 0 aliphatic rings. The molecule has 0 bridgehead atoms. The van der Waals surface area contributed by atoms with Crippen LogP contribution in [0.4, 0.5) is 5.69 Å². The fourth-order valence-corrected chi connectivity index (χ4v) is 2.04. The highest BCUT2D eigenvalue weighted by atomic mass is 35.5. The number of hydrogen-bond donors (Lipinski definition) is 1. The van der Waals surface area contributed by atoms with Gasteiger partial charge in [-0.15, -0.1) is 0 Å². The molecule has 0 unspecified atom stereocenters. The molecular weight excluding hydrogens is 306 g/mol. The number of amides is 1. The summed E-state index contributed by atoms with van der Waals surface area (Å²) in [4.78, 5) is 23.1. The number of benzene rings is 2. The largest absolute Gasteiger partial charge is 0.545 e. The summed E-state index contributed by atoms with van der Waals surface area (Å²) in [6.07, 6.45) is 0. The zero-order chi connectivity index (χ0) is 16.1. The Morgan fingerprint density at radius 2 is 2.00 bits per heavy atom. The predicted molar refractivity (Wildman–Crippen MR) is 81.3 cm³/mol. The summed E-state index contributed by atoms with van der Waals surface area (Å²) in [5.41, 5.74) is 0.646. The van der Waals surface area contributed by atoms with Gasteiger partial charge in [0.05, 0.1) is 18.1 Å². The van der Waals surface area contributed by atoms with Crippen LogP contribution in [0.2, 0.25) is 5.02 Å². The summed E-state index contributed by atoms with van der Waals surface area (Å²) in [7, 11) is 0. The monoisotopic (exact) mass is 318 g/mol. The fraction of sp³-hybridized carbons (Fsp3) is 0.125. The normalized spacial score (nSPS) is 10.1. The van der Waals surface area contributed by atoms with Crippen molar-refractivity contribution in [2.24, 2.45) is 0 Å². The van der Waals surface area contributed by atoms with E-state index in [1.165, 1.54) is 18.2 Å². The maximum atomic E-state index is 12.3. The van der Waals surface area contributed by atoms with Gasteiger partial charge in [-0.1, -0.05) is 23.7 Å². The number of carbonyl (C=O) groups excluding carboxylic acids is 2. The molecule has 2 aromatic rings. The van der Waals surface area contributed by atoms with Crippen LogP contribution in [-0.4, -0.2) is 18.5 Å². The Hall–Kier alpha value is -2.53. The lowest BCUT2D eigenvalue weighted by molar-refractivity contribution is -0.255. The van der Waals surface area contributed by atoms with Crippen LogP contribution >= 0.6 is 11.6 Å². The number of nitrogens with one attached hydrogen (secondary N) is 1. The van der Waals surface area contributed by atoms with Gasteiger partial charge in [-0.3, -0.25) is 4.79 Å². The molecule has 1 amide bonds. The van der Waals surface area contributed by atoms with Gasteiger partial charge in [0.1, 0.15) is 5.75 Å². The first-order valence-corrected chi connectivity index (χ1v) is 6.94. The van der Waals surface area contributed by atoms with Crippen molar-refractivity contribution in [3.8, 4) is 5.75 Å². The lowest BCUT2D eigenvalue weighted by Gasteiger charge is -2.12. The van der Waals surface area contributed by atoms with Crippen LogP contribution in [0.3, 0.4) is 0 Å². The van der Waals surface area contributed by atoms with E-state index in [0.29, 0.717) is 28.6 Å². The van der Waals surface area contributed by atoms with Gasteiger partial charge in [-0.2, -0.15) is 0 Å². The average molecular weight is 319 g/mol. The minimum atomic E-state index is -1.31. The highest BCUT2D eigenvalue weighted by molar-refractivity contribution is 6.31. The molecule has 0 spiro atoms. The van der Waals surface area contributed by atoms with Crippen LogP contribution in [0.1, 0.15) is 27.6 Å². The Labute approximate surface area is 132 Å². The first-order valence-electron chi connectivity index (χ1n) is 6.56. The van der Waals surface area contributed by atoms with Gasteiger partial charge >= 0.3 is 0 Å². The highest BCUT2D eigenvalue weighted by Gasteiger charge is 2.13. The van der Waals surface area contributed by atoms with E-state index >= 15 is 0 Å². The molecule has 2 rings (SSSR count). The maximum absolute atomic E-state index is 12.3. The Morgan fingerprint density at radius 3 is 2.68 bits per heavy atom. The summed E-state index contributed by atoms with van der Waals surface area (Å²) in [5.74, 6) is -1.36. The molecule has 22 heavy (non-hydrogen) atoms. The molecule has 0 aromatic heterocycles. The number of hydrogen-bond acceptors (Lipinski definition) is 4. The molecule has 2 aromatic carbocycles. The third kappa shape index (κ3) is 3.77. The van der Waals surface area contributed by atoms with Gasteiger partial charge in [-0.25, -0.2) is 0 Å². The third-order valence-electron chi connectivity index (χ3n) is 2.84. The van der Waals surface area contributed by atoms with E-state index in [4.69, 9.17) is 16.3 Å². The number of aromatic carboxylic acids is 1. The van der Waals surface area contributed by atoms with Crippen LogP contribution in [0, 0.1) is 0 Å². The number of halogens is 1. The molecule has 0 saturated heterocycles. The van der Waals surface area contributed by atoms with Crippen molar-refractivity contribution < 1.29 is 19.4 Å². The summed E-state index contributed by atoms with van der Waals surface area (Å²) in [5, 5.41) is 13.9. The minimum absolute atomic E-state index is 0.0149. The van der Waals surface area contributed by atoms with E-state index in [-0.39, 0.29) is 5.56 Å². The molecular formula is C16H13ClNO4-. The first-order chi connectivity index (χ1) is 10.5. The molecule has 1 N–H and O–H groups in total. The van der Waals surface area contributed by atoms with Crippen molar-refractivity contribution in [2.75, 3.05) is 11.9 Å². The molecule has 0 atom stereocenters. The summed E-state index contributed by atoms with van der Waals surface area (Å²) in [6.45, 7) is 2.19. The van der Waals surface area contributed by atoms with Gasteiger partial charge in [0.15, 0.2) is 0 Å². The second-order valence-corrected chi connectivity index (χ2v) is 4.83. The van der Waals surface area contributed by atoms with Crippen molar-refractivity contribution in [1.82, 2.24) is 0 Å². The number of carboxylic acids is 1. The molecule has 0 aliphatic carbocycles. The summed E-state index contributed by atoms with van der Waals surface area (Å²) < 4.78 is 5.39. The van der Waals surface area contributed by atoms with Crippen molar-refractivity contribution in [2.45, 2.75) is 6.92 Å². The topological polar surface area (TPSA) is 78.5 Å². The van der Waals surface area contributed by atoms with Crippen LogP contribution in [-0.2, 0) is 0 Å². The number of anilines is 1. The number of carboxylic acid groups (broad SMARTS) is 1. The Morgan fingerprint density at radius 1 is 1.23 bits per heavy atom. The van der Waals surface area contributed by atoms with Crippen LogP contribution < -0.4 is 15.2 Å². The molecule has 0 aliphatic heterocycles. The van der Waals surface area contributed by atoms with Gasteiger partial charge in [0.25, 0.3) is 5.91 Å². The Bertz CT molecular complexity index is 715. The molecule has 0 saturated carbocycles. The third-order valence-corrected chi connectivity index (χ3v) is 3.08. The highest BCUT2D eigenvalue weighted by Crippen LogP contribution is 2.24. The molecule has 114 valence electrons. The standard InChI is InChI=1S/C16H14ClNO4/c1-2-22-14-9-11(17)6-7-13(14)15(19)18-12-5-3-4-10(8-12)16(20)21/h3-9H,2H2,1H3,(H,18,19)(H,20,21)/p-1. The van der Waals surface area contributed by atoms with Gasteiger partial charge < -0.3 is 20.0 Å². The molecule has 0 heterocycles. The quantitative estimate of drug-likeness (QED) is 0.918. The fourth-order valence-electron chi connectivity index (χ4n) is 1.88. The summed E-state index contributed by atoms with van der Waals surface area (Å²) in [6, 6.07) is 10.5. The van der Waals surface area contributed by atoms with E-state index < -0.39 is 11.9 Å². The minimum Gasteiger partial charge on any atom is -0.545 e. The van der Waals surface area contributed by atoms with Crippen molar-refractivity contribution in [3.63, 3.8) is 0 Å². The zero-order valence-corrected chi connectivity index (χ0v) is 12.5. The predicted octanol–water partition coefficient (Wildman–Crippen LogP) is 2.35. The zero-order valence-electron chi connectivity index (χ0n) is 11.8. The van der Waals surface area contributed by atoms with E-state index in [0.717, 1.165) is 0 Å². The first kappa shape index (κ1) is 15.9. The number of rotatable bonds is 5. The molecule has 5 nitrogen and oxygen atoms in total. The molecule has 6 heteroatoms. The van der Waals surface area contributed by atoms with Crippen molar-refractivity contribution in [3.05, 3.63) is 58.6 Å². The lowest BCUT2D eigenvalue weighted by atomic mass is 10.1. The maximum Gasteiger partial charge on any atom is 0.259 e. The smallest absolute Gasteiger partial charge is 0.259 e. The Balaban J connectivity index is 2.26. The van der Waals surface area contributed by atoms with Crippen molar-refractivity contribution >= 4 is 29.2 Å². The van der Waals surface area contributed by atoms with E-state index in [1.807, 2.05) is 0 Å². The van der Waals surface area contributed by atoms with Gasteiger partial charge in [0.2, 0.25) is 0 Å². The van der Waals surface area contributed by atoms with Crippen LogP contribution in [0.15, 0.2) is 42.5 Å². The van der Waals surface area contributed by atoms with Crippen molar-refractivity contribution in [1.29, 1.82) is 0 Å². The van der Waals surface area contributed by atoms with Gasteiger partial charge in [0, 0.05) is 10.7 Å². The van der Waals surface area contributed by atoms with Crippen LogP contribution in [0.25, 0.3) is 0 Å². The second kappa shape index (κ2) is 6.95. The SMILES string of the molecule is CCOc1cc(Cl)ccc1C(=O)Nc1cccc(C(=O)[O-])c1. The average Bonchev–Trinajstić information content (AvgIpc) is 2.48.